The molecule has 0 atom stereocenters. The van der Waals surface area contributed by atoms with E-state index in [0.717, 1.165) is 5.69 Å². The third-order valence-corrected chi connectivity index (χ3v) is 3.47. The Morgan fingerprint density at radius 1 is 1.43 bits per heavy atom. The zero-order valence-corrected chi connectivity index (χ0v) is 13.2. The molecule has 21 heavy (non-hydrogen) atoms. The van der Waals surface area contributed by atoms with Gasteiger partial charge in [0, 0.05) is 26.8 Å². The maximum atomic E-state index is 12.3. The Bertz CT molecular complexity index is 693. The van der Waals surface area contributed by atoms with Gasteiger partial charge in [-0.2, -0.15) is 5.10 Å². The van der Waals surface area contributed by atoms with E-state index in [4.69, 9.17) is 17.3 Å². The number of hydrogen-bond donors (Lipinski definition) is 2. The molecule has 3 N–H and O–H groups in total. The molecule has 0 radical (unpaired) electrons. The summed E-state index contributed by atoms with van der Waals surface area (Å²) in [6.07, 6.45) is 0. The van der Waals surface area contributed by atoms with Crippen LogP contribution in [0.2, 0.25) is 5.02 Å². The van der Waals surface area contributed by atoms with Gasteiger partial charge < -0.3 is 16.0 Å². The average molecular weight is 308 g/mol. The number of rotatable bonds is 3. The van der Waals surface area contributed by atoms with Crippen molar-refractivity contribution in [2.45, 2.75) is 6.92 Å². The number of aryl methyl sites for hydroxylation is 2. The number of aromatic nitrogens is 2. The first-order valence-corrected chi connectivity index (χ1v) is 6.76. The van der Waals surface area contributed by atoms with E-state index in [9.17, 15) is 4.79 Å². The van der Waals surface area contributed by atoms with Crippen LogP contribution < -0.4 is 16.0 Å². The topological polar surface area (TPSA) is 76.2 Å². The van der Waals surface area contributed by atoms with Crippen molar-refractivity contribution in [3.05, 3.63) is 34.6 Å². The second-order valence-electron chi connectivity index (χ2n) is 4.99. The van der Waals surface area contributed by atoms with Crippen molar-refractivity contribution < 1.29 is 4.79 Å². The molecule has 0 fully saturated rings. The minimum Gasteiger partial charge on any atom is -0.395 e. The number of carbonyl (C=O) groups is 1. The van der Waals surface area contributed by atoms with E-state index < -0.39 is 0 Å². The molecule has 2 rings (SSSR count). The molecule has 0 spiro atoms. The monoisotopic (exact) mass is 307 g/mol. The smallest absolute Gasteiger partial charge is 0.276 e. The van der Waals surface area contributed by atoms with E-state index in [1.165, 1.54) is 4.68 Å². The number of carbonyl (C=O) groups excluding carboxylic acids is 1. The minimum absolute atomic E-state index is 0.315. The number of anilines is 3. The molecular weight excluding hydrogens is 290 g/mol. The summed E-state index contributed by atoms with van der Waals surface area (Å²) >= 11 is 6.19. The van der Waals surface area contributed by atoms with Crippen LogP contribution in [-0.2, 0) is 7.05 Å². The number of nitrogen functional groups attached to an aromatic ring is 1. The summed E-state index contributed by atoms with van der Waals surface area (Å²) in [7, 11) is 5.48. The molecule has 0 aliphatic heterocycles. The lowest BCUT2D eigenvalue weighted by Crippen LogP contribution is -2.18. The van der Waals surface area contributed by atoms with Gasteiger partial charge >= 0.3 is 0 Å². The lowest BCUT2D eigenvalue weighted by atomic mass is 10.2. The molecule has 6 nitrogen and oxygen atoms in total. The van der Waals surface area contributed by atoms with Crippen LogP contribution in [0.1, 0.15) is 16.2 Å². The standard InChI is InChI=1S/C14H18ClN5O/c1-8-12(16)13(20(4)18-8)14(21)17-9-5-6-11(19(2)3)10(15)7-9/h5-7H,16H2,1-4H3,(H,17,21). The van der Waals surface area contributed by atoms with Crippen LogP contribution in [0.5, 0.6) is 0 Å². The van der Waals surface area contributed by atoms with Gasteiger partial charge in [-0.05, 0) is 25.1 Å². The van der Waals surface area contributed by atoms with Gasteiger partial charge in [-0.25, -0.2) is 0 Å². The Kier molecular flexibility index (Phi) is 4.09. The maximum absolute atomic E-state index is 12.3. The number of halogens is 1. The number of amides is 1. The molecule has 7 heteroatoms. The quantitative estimate of drug-likeness (QED) is 0.912. The van der Waals surface area contributed by atoms with Gasteiger partial charge in [-0.15, -0.1) is 0 Å². The fraction of sp³-hybridized carbons (Fsp3) is 0.286. The SMILES string of the molecule is Cc1nn(C)c(C(=O)Nc2ccc(N(C)C)c(Cl)c2)c1N. The molecule has 1 amide bonds. The molecule has 1 aromatic heterocycles. The predicted octanol–water partition coefficient (Wildman–Crippen LogP) is 2.28. The van der Waals surface area contributed by atoms with Crippen molar-refractivity contribution in [2.75, 3.05) is 30.0 Å². The van der Waals surface area contributed by atoms with E-state index in [1.54, 1.807) is 26.1 Å². The van der Waals surface area contributed by atoms with Gasteiger partial charge in [-0.1, -0.05) is 11.6 Å². The second-order valence-corrected chi connectivity index (χ2v) is 5.39. The Hall–Kier alpha value is -2.21. The van der Waals surface area contributed by atoms with E-state index in [2.05, 4.69) is 10.4 Å². The largest absolute Gasteiger partial charge is 0.395 e. The van der Waals surface area contributed by atoms with Gasteiger partial charge in [0.05, 0.1) is 22.1 Å². The zero-order chi connectivity index (χ0) is 15.7. The number of nitrogens with zero attached hydrogens (tertiary/aromatic N) is 3. The van der Waals surface area contributed by atoms with Crippen LogP contribution >= 0.6 is 11.6 Å². The zero-order valence-electron chi connectivity index (χ0n) is 12.4. The first kappa shape index (κ1) is 15.2. The first-order valence-electron chi connectivity index (χ1n) is 6.38. The summed E-state index contributed by atoms with van der Waals surface area (Å²) in [5, 5.41) is 7.47. The molecule has 112 valence electrons. The Balaban J connectivity index is 2.26. The second kappa shape index (κ2) is 5.65. The van der Waals surface area contributed by atoms with Crippen LogP contribution in [0.15, 0.2) is 18.2 Å². The van der Waals surface area contributed by atoms with Crippen LogP contribution in [0.4, 0.5) is 17.1 Å². The van der Waals surface area contributed by atoms with Gasteiger partial charge in [-0.3, -0.25) is 9.48 Å². The summed E-state index contributed by atoms with van der Waals surface area (Å²) in [5.41, 5.74) is 8.70. The van der Waals surface area contributed by atoms with Gasteiger partial charge in [0.2, 0.25) is 0 Å². The normalized spacial score (nSPS) is 10.5. The van der Waals surface area contributed by atoms with Crippen molar-refractivity contribution in [1.82, 2.24) is 9.78 Å². The molecule has 2 aromatic rings. The third-order valence-electron chi connectivity index (χ3n) is 3.17. The Morgan fingerprint density at radius 3 is 2.57 bits per heavy atom. The van der Waals surface area contributed by atoms with Gasteiger partial charge in [0.1, 0.15) is 5.69 Å². The number of benzene rings is 1. The van der Waals surface area contributed by atoms with E-state index in [1.807, 2.05) is 25.1 Å². The Morgan fingerprint density at radius 2 is 2.10 bits per heavy atom. The number of hydrogen-bond acceptors (Lipinski definition) is 4. The van der Waals surface area contributed by atoms with Crippen molar-refractivity contribution in [1.29, 1.82) is 0 Å². The maximum Gasteiger partial charge on any atom is 0.276 e. The summed E-state index contributed by atoms with van der Waals surface area (Å²) in [6.45, 7) is 1.76. The van der Waals surface area contributed by atoms with Crippen molar-refractivity contribution in [2.24, 2.45) is 7.05 Å². The highest BCUT2D eigenvalue weighted by molar-refractivity contribution is 6.33. The predicted molar refractivity (Wildman–Crippen MR) is 86.1 cm³/mol. The minimum atomic E-state index is -0.315. The molecule has 0 aliphatic rings. The van der Waals surface area contributed by atoms with Crippen molar-refractivity contribution in [3.63, 3.8) is 0 Å². The summed E-state index contributed by atoms with van der Waals surface area (Å²) in [5.74, 6) is -0.315. The van der Waals surface area contributed by atoms with Crippen LogP contribution in [0.25, 0.3) is 0 Å². The highest BCUT2D eigenvalue weighted by atomic mass is 35.5. The van der Waals surface area contributed by atoms with Crippen molar-refractivity contribution in [3.8, 4) is 0 Å². The summed E-state index contributed by atoms with van der Waals surface area (Å²) in [4.78, 5) is 14.2. The number of nitrogens with one attached hydrogen (secondary N) is 1. The molecule has 0 bridgehead atoms. The first-order chi connectivity index (χ1) is 9.81. The summed E-state index contributed by atoms with van der Waals surface area (Å²) in [6, 6.07) is 5.34. The average Bonchev–Trinajstić information content (AvgIpc) is 2.62. The Labute approximate surface area is 128 Å². The molecule has 1 heterocycles. The molecule has 0 saturated heterocycles. The number of nitrogens with two attached hydrogens (primary N) is 1. The molecule has 0 aliphatic carbocycles. The van der Waals surface area contributed by atoms with E-state index in [-0.39, 0.29) is 5.91 Å². The summed E-state index contributed by atoms with van der Waals surface area (Å²) < 4.78 is 1.47. The molecule has 0 saturated carbocycles. The van der Waals surface area contributed by atoms with E-state index >= 15 is 0 Å². The van der Waals surface area contributed by atoms with Crippen LogP contribution in [-0.4, -0.2) is 29.8 Å². The molecule has 1 aromatic carbocycles. The highest BCUT2D eigenvalue weighted by Crippen LogP contribution is 2.28. The molecular formula is C14H18ClN5O. The van der Waals surface area contributed by atoms with Crippen molar-refractivity contribution >= 4 is 34.6 Å². The lowest BCUT2D eigenvalue weighted by Gasteiger charge is -2.15. The highest BCUT2D eigenvalue weighted by Gasteiger charge is 2.18. The van der Waals surface area contributed by atoms with E-state index in [0.29, 0.717) is 27.8 Å². The molecule has 0 unspecified atom stereocenters. The van der Waals surface area contributed by atoms with Gasteiger partial charge in [0.25, 0.3) is 5.91 Å². The fourth-order valence-electron chi connectivity index (χ4n) is 2.08. The fourth-order valence-corrected chi connectivity index (χ4v) is 2.43. The van der Waals surface area contributed by atoms with Crippen LogP contribution in [0, 0.1) is 6.92 Å². The van der Waals surface area contributed by atoms with Gasteiger partial charge in [0.15, 0.2) is 0 Å². The third kappa shape index (κ3) is 2.95. The lowest BCUT2D eigenvalue weighted by molar-refractivity contribution is 0.101. The van der Waals surface area contributed by atoms with Crippen LogP contribution in [0.3, 0.4) is 0 Å².